The molecule has 0 radical (unpaired) electrons. The van der Waals surface area contributed by atoms with Gasteiger partial charge in [0.05, 0.1) is 26.3 Å². The zero-order valence-corrected chi connectivity index (χ0v) is 17.7. The molecule has 0 saturated heterocycles. The first-order valence-electron chi connectivity index (χ1n) is 9.73. The van der Waals surface area contributed by atoms with Gasteiger partial charge >= 0.3 is 5.95 Å². The van der Waals surface area contributed by atoms with Crippen LogP contribution in [0.15, 0.2) is 53.1 Å². The number of ether oxygens (including phenoxy) is 2. The van der Waals surface area contributed by atoms with Crippen LogP contribution in [0.5, 0.6) is 11.7 Å². The lowest BCUT2D eigenvalue weighted by Gasteiger charge is -2.20. The Balaban J connectivity index is 1.69. The second-order valence-electron chi connectivity index (χ2n) is 7.05. The Hall–Kier alpha value is -3.32. The Morgan fingerprint density at radius 1 is 1.07 bits per heavy atom. The Labute approximate surface area is 176 Å². The molecule has 1 amide bonds. The number of carbonyl (C=O) groups is 1. The molecule has 3 aromatic rings. The monoisotopic (exact) mass is 409 g/mol. The zero-order chi connectivity index (χ0) is 21.5. The van der Waals surface area contributed by atoms with Crippen molar-refractivity contribution < 1.29 is 18.8 Å². The van der Waals surface area contributed by atoms with Gasteiger partial charge < -0.3 is 24.6 Å². The predicted octanol–water partition coefficient (Wildman–Crippen LogP) is 3.57. The lowest BCUT2D eigenvalue weighted by Crippen LogP contribution is -2.35. The minimum atomic E-state index is -0.325. The van der Waals surface area contributed by atoms with Crippen LogP contribution in [0.2, 0.25) is 0 Å². The van der Waals surface area contributed by atoms with E-state index in [-0.39, 0.29) is 23.6 Å². The maximum absolute atomic E-state index is 12.6. The summed E-state index contributed by atoms with van der Waals surface area (Å²) in [6, 6.07) is 15.2. The molecule has 1 aromatic heterocycles. The summed E-state index contributed by atoms with van der Waals surface area (Å²) >= 11 is 0. The zero-order valence-electron chi connectivity index (χ0n) is 17.7. The van der Waals surface area contributed by atoms with Crippen molar-refractivity contribution in [2.75, 3.05) is 20.8 Å². The molecule has 3 rings (SSSR count). The quantitative estimate of drug-likeness (QED) is 0.562. The maximum Gasteiger partial charge on any atom is 0.311 e. The molecule has 7 heteroatoms. The van der Waals surface area contributed by atoms with Gasteiger partial charge in [0.2, 0.25) is 0 Å². The third-order valence-electron chi connectivity index (χ3n) is 4.95. The highest BCUT2D eigenvalue weighted by Crippen LogP contribution is 2.22. The molecule has 7 nitrogen and oxygen atoms in total. The van der Waals surface area contributed by atoms with Gasteiger partial charge in [0.25, 0.3) is 5.91 Å². The summed E-state index contributed by atoms with van der Waals surface area (Å²) in [7, 11) is 3.14. The summed E-state index contributed by atoms with van der Waals surface area (Å²) in [5, 5.41) is 10.2. The summed E-state index contributed by atoms with van der Waals surface area (Å²) in [6.45, 7) is 5.32. The molecule has 0 aliphatic heterocycles. The molecule has 158 valence electrons. The first kappa shape index (κ1) is 21.4. The SMILES string of the molecule is COc1cc(C(=O)NC(CNCc2cc(C)c(OC)cc2C)c2ccccc2)no1. The summed E-state index contributed by atoms with van der Waals surface area (Å²) in [4.78, 5) is 12.6. The lowest BCUT2D eigenvalue weighted by atomic mass is 10.0. The van der Waals surface area contributed by atoms with Crippen LogP contribution in [-0.4, -0.2) is 31.8 Å². The average molecular weight is 409 g/mol. The number of rotatable bonds is 9. The van der Waals surface area contributed by atoms with Crippen LogP contribution in [-0.2, 0) is 6.54 Å². The highest BCUT2D eigenvalue weighted by atomic mass is 16.6. The highest BCUT2D eigenvalue weighted by Gasteiger charge is 2.19. The van der Waals surface area contributed by atoms with E-state index in [1.165, 1.54) is 18.7 Å². The number of hydrogen-bond acceptors (Lipinski definition) is 6. The van der Waals surface area contributed by atoms with Crippen LogP contribution < -0.4 is 20.1 Å². The fourth-order valence-corrected chi connectivity index (χ4v) is 3.24. The normalized spacial score (nSPS) is 11.7. The standard InChI is InChI=1S/C23H27N3O4/c1-15-11-21(28-3)16(2)10-18(15)13-24-14-20(17-8-6-5-7-9-17)25-23(27)19-12-22(29-4)30-26-19/h5-12,20,24H,13-14H2,1-4H3,(H,25,27). The van der Waals surface area contributed by atoms with Crippen molar-refractivity contribution in [3.05, 3.63) is 76.5 Å². The van der Waals surface area contributed by atoms with Gasteiger partial charge in [0, 0.05) is 13.1 Å². The Bertz CT molecular complexity index is 985. The molecular formula is C23H27N3O4. The minimum Gasteiger partial charge on any atom is -0.496 e. The maximum atomic E-state index is 12.6. The van der Waals surface area contributed by atoms with Crippen LogP contribution in [0.25, 0.3) is 0 Å². The van der Waals surface area contributed by atoms with Gasteiger partial charge in [0.1, 0.15) is 5.75 Å². The molecule has 2 N–H and O–H groups in total. The number of amides is 1. The van der Waals surface area contributed by atoms with E-state index in [0.29, 0.717) is 13.1 Å². The predicted molar refractivity (Wildman–Crippen MR) is 114 cm³/mol. The summed E-state index contributed by atoms with van der Waals surface area (Å²) in [5.41, 5.74) is 4.60. The first-order valence-corrected chi connectivity index (χ1v) is 9.73. The molecule has 0 aliphatic rings. The van der Waals surface area contributed by atoms with Gasteiger partial charge in [-0.15, -0.1) is 0 Å². The van der Waals surface area contributed by atoms with Crippen LogP contribution in [0.1, 0.15) is 38.8 Å². The summed E-state index contributed by atoms with van der Waals surface area (Å²) in [6.07, 6.45) is 0. The number of nitrogens with one attached hydrogen (secondary N) is 2. The number of hydrogen-bond donors (Lipinski definition) is 2. The third kappa shape index (κ3) is 5.18. The van der Waals surface area contributed by atoms with Crippen molar-refractivity contribution >= 4 is 5.91 Å². The fraction of sp³-hybridized carbons (Fsp3) is 0.304. The molecule has 2 aromatic carbocycles. The van der Waals surface area contributed by atoms with Crippen molar-refractivity contribution in [2.45, 2.75) is 26.4 Å². The van der Waals surface area contributed by atoms with E-state index in [9.17, 15) is 4.79 Å². The lowest BCUT2D eigenvalue weighted by molar-refractivity contribution is 0.0926. The molecule has 1 unspecified atom stereocenters. The number of nitrogens with zero attached hydrogens (tertiary/aromatic N) is 1. The Morgan fingerprint density at radius 3 is 2.50 bits per heavy atom. The first-order chi connectivity index (χ1) is 14.5. The molecule has 1 atom stereocenters. The van der Waals surface area contributed by atoms with E-state index < -0.39 is 0 Å². The van der Waals surface area contributed by atoms with Crippen molar-refractivity contribution in [1.29, 1.82) is 0 Å². The number of methoxy groups -OCH3 is 2. The van der Waals surface area contributed by atoms with E-state index in [0.717, 1.165) is 22.4 Å². The van der Waals surface area contributed by atoms with Crippen molar-refractivity contribution in [3.63, 3.8) is 0 Å². The van der Waals surface area contributed by atoms with Crippen LogP contribution in [0.4, 0.5) is 0 Å². The highest BCUT2D eigenvalue weighted by molar-refractivity contribution is 5.92. The molecule has 0 aliphatic carbocycles. The number of benzene rings is 2. The molecular weight excluding hydrogens is 382 g/mol. The summed E-state index contributed by atoms with van der Waals surface area (Å²) in [5.74, 6) is 0.753. The Morgan fingerprint density at radius 2 is 1.83 bits per heavy atom. The van der Waals surface area contributed by atoms with E-state index in [1.807, 2.05) is 43.3 Å². The van der Waals surface area contributed by atoms with Gasteiger partial charge in [-0.25, -0.2) is 0 Å². The average Bonchev–Trinajstić information content (AvgIpc) is 3.25. The van der Waals surface area contributed by atoms with Crippen molar-refractivity contribution in [1.82, 2.24) is 15.8 Å². The van der Waals surface area contributed by atoms with E-state index in [2.05, 4.69) is 28.8 Å². The molecule has 0 saturated carbocycles. The number of aromatic nitrogens is 1. The van der Waals surface area contributed by atoms with Gasteiger partial charge in [-0.3, -0.25) is 4.79 Å². The van der Waals surface area contributed by atoms with Gasteiger partial charge in [-0.1, -0.05) is 41.6 Å². The molecule has 30 heavy (non-hydrogen) atoms. The van der Waals surface area contributed by atoms with Crippen LogP contribution in [0, 0.1) is 13.8 Å². The Kier molecular flexibility index (Phi) is 7.08. The number of aryl methyl sites for hydroxylation is 2. The van der Waals surface area contributed by atoms with Gasteiger partial charge in [-0.05, 0) is 42.2 Å². The van der Waals surface area contributed by atoms with Crippen LogP contribution in [0.3, 0.4) is 0 Å². The van der Waals surface area contributed by atoms with E-state index >= 15 is 0 Å². The molecule has 0 fully saturated rings. The molecule has 0 spiro atoms. The van der Waals surface area contributed by atoms with E-state index in [1.54, 1.807) is 7.11 Å². The van der Waals surface area contributed by atoms with E-state index in [4.69, 9.17) is 14.0 Å². The summed E-state index contributed by atoms with van der Waals surface area (Å²) < 4.78 is 15.3. The largest absolute Gasteiger partial charge is 0.496 e. The minimum absolute atomic E-state index is 0.175. The van der Waals surface area contributed by atoms with Gasteiger partial charge in [0.15, 0.2) is 5.69 Å². The fourth-order valence-electron chi connectivity index (χ4n) is 3.24. The van der Waals surface area contributed by atoms with Crippen molar-refractivity contribution in [2.24, 2.45) is 0 Å². The topological polar surface area (TPSA) is 85.6 Å². The molecule has 0 bridgehead atoms. The molecule has 1 heterocycles. The van der Waals surface area contributed by atoms with Gasteiger partial charge in [-0.2, -0.15) is 0 Å². The third-order valence-corrected chi connectivity index (χ3v) is 4.95. The smallest absolute Gasteiger partial charge is 0.311 e. The second-order valence-corrected chi connectivity index (χ2v) is 7.05. The van der Waals surface area contributed by atoms with Crippen LogP contribution >= 0.6 is 0 Å². The second kappa shape index (κ2) is 9.93. The number of carbonyl (C=O) groups excluding carboxylic acids is 1. The van der Waals surface area contributed by atoms with Crippen molar-refractivity contribution in [3.8, 4) is 11.7 Å².